The topological polar surface area (TPSA) is 83.2 Å². The van der Waals surface area contributed by atoms with Gasteiger partial charge in [0.1, 0.15) is 5.03 Å². The van der Waals surface area contributed by atoms with Gasteiger partial charge < -0.3 is 14.0 Å². The molecule has 0 atom stereocenters. The number of aromatic nitrogens is 4. The van der Waals surface area contributed by atoms with Crippen molar-refractivity contribution in [3.8, 4) is 34.1 Å². The van der Waals surface area contributed by atoms with Crippen molar-refractivity contribution < 1.29 is 14.0 Å². The van der Waals surface area contributed by atoms with Gasteiger partial charge in [0.05, 0.1) is 25.7 Å². The van der Waals surface area contributed by atoms with E-state index in [1.54, 1.807) is 14.2 Å². The maximum Gasteiger partial charge on any atom is 0.237 e. The maximum atomic E-state index is 5.37. The van der Waals surface area contributed by atoms with Gasteiger partial charge in [0.25, 0.3) is 0 Å². The molecule has 0 fully saturated rings. The quantitative estimate of drug-likeness (QED) is 0.328. The highest BCUT2D eigenvalue weighted by Gasteiger charge is 2.13. The van der Waals surface area contributed by atoms with Crippen LogP contribution >= 0.6 is 27.7 Å². The predicted molar refractivity (Wildman–Crippen MR) is 118 cm³/mol. The monoisotopic (exact) mass is 484 g/mol. The Hall–Kier alpha value is -2.91. The molecule has 4 rings (SSSR count). The number of thioether (sulfide) groups is 1. The van der Waals surface area contributed by atoms with Crippen molar-refractivity contribution in [2.24, 2.45) is 0 Å². The highest BCUT2D eigenvalue weighted by Crippen LogP contribution is 2.31. The van der Waals surface area contributed by atoms with Gasteiger partial charge in [-0.2, -0.15) is 4.98 Å². The van der Waals surface area contributed by atoms with Crippen molar-refractivity contribution >= 4 is 27.7 Å². The summed E-state index contributed by atoms with van der Waals surface area (Å²) in [5, 5.41) is 13.4. The zero-order valence-corrected chi connectivity index (χ0v) is 18.6. The van der Waals surface area contributed by atoms with Crippen molar-refractivity contribution in [1.82, 2.24) is 20.3 Å². The minimum atomic E-state index is 0.489. The minimum Gasteiger partial charge on any atom is -0.493 e. The molecule has 2 aromatic carbocycles. The Labute approximate surface area is 186 Å². The first kappa shape index (κ1) is 20.4. The highest BCUT2D eigenvalue weighted by molar-refractivity contribution is 9.10. The van der Waals surface area contributed by atoms with E-state index in [4.69, 9.17) is 14.0 Å². The van der Waals surface area contributed by atoms with Gasteiger partial charge in [-0.1, -0.05) is 45.0 Å². The molecule has 30 heavy (non-hydrogen) atoms. The lowest BCUT2D eigenvalue weighted by atomic mass is 10.1. The summed E-state index contributed by atoms with van der Waals surface area (Å²) < 4.78 is 17.0. The van der Waals surface area contributed by atoms with Crippen LogP contribution < -0.4 is 9.47 Å². The molecular weight excluding hydrogens is 468 g/mol. The van der Waals surface area contributed by atoms with E-state index >= 15 is 0 Å². The number of methoxy groups -OCH3 is 2. The SMILES string of the molecule is COc1ccc(-c2noc(CSc3ccc(-c4ccc(Br)cc4)nn3)n2)cc1OC. The largest absolute Gasteiger partial charge is 0.493 e. The molecule has 0 saturated heterocycles. The molecule has 0 spiro atoms. The van der Waals surface area contributed by atoms with Crippen molar-refractivity contribution in [2.45, 2.75) is 10.8 Å². The second kappa shape index (κ2) is 9.27. The van der Waals surface area contributed by atoms with E-state index in [1.807, 2.05) is 54.6 Å². The van der Waals surface area contributed by atoms with Gasteiger partial charge in [-0.15, -0.1) is 10.2 Å². The summed E-state index contributed by atoms with van der Waals surface area (Å²) in [7, 11) is 3.18. The Kier molecular flexibility index (Phi) is 6.29. The van der Waals surface area contributed by atoms with Gasteiger partial charge in [-0.25, -0.2) is 0 Å². The van der Waals surface area contributed by atoms with E-state index < -0.39 is 0 Å². The molecule has 0 aliphatic carbocycles. The van der Waals surface area contributed by atoms with E-state index in [2.05, 4.69) is 36.3 Å². The third-order valence-electron chi connectivity index (χ3n) is 4.23. The normalized spacial score (nSPS) is 10.8. The van der Waals surface area contributed by atoms with Crippen LogP contribution in [0.25, 0.3) is 22.6 Å². The van der Waals surface area contributed by atoms with Gasteiger partial charge in [-0.05, 0) is 42.5 Å². The van der Waals surface area contributed by atoms with Gasteiger partial charge in [-0.3, -0.25) is 0 Å². The molecule has 0 N–H and O–H groups in total. The first-order chi connectivity index (χ1) is 14.7. The number of nitrogens with zero attached hydrogens (tertiary/aromatic N) is 4. The van der Waals surface area contributed by atoms with Crippen LogP contribution in [0.4, 0.5) is 0 Å². The zero-order chi connectivity index (χ0) is 20.9. The maximum absolute atomic E-state index is 5.37. The van der Waals surface area contributed by atoms with Crippen molar-refractivity contribution in [3.05, 3.63) is 65.0 Å². The van der Waals surface area contributed by atoms with E-state index in [1.165, 1.54) is 11.8 Å². The second-order valence-electron chi connectivity index (χ2n) is 6.13. The smallest absolute Gasteiger partial charge is 0.237 e. The fourth-order valence-electron chi connectivity index (χ4n) is 2.71. The molecule has 4 aromatic rings. The molecule has 0 aliphatic heterocycles. The van der Waals surface area contributed by atoms with Crippen LogP contribution in [0, 0.1) is 0 Å². The molecule has 7 nitrogen and oxygen atoms in total. The molecule has 0 bridgehead atoms. The lowest BCUT2D eigenvalue weighted by Gasteiger charge is -2.07. The zero-order valence-electron chi connectivity index (χ0n) is 16.2. The summed E-state index contributed by atoms with van der Waals surface area (Å²) in [4.78, 5) is 4.45. The number of hydrogen-bond donors (Lipinski definition) is 0. The molecular formula is C21H17BrN4O3S. The highest BCUT2D eigenvalue weighted by atomic mass is 79.9. The Morgan fingerprint density at radius 3 is 2.37 bits per heavy atom. The van der Waals surface area contributed by atoms with Gasteiger partial charge in [0.2, 0.25) is 11.7 Å². The average Bonchev–Trinajstić information content (AvgIpc) is 3.27. The summed E-state index contributed by atoms with van der Waals surface area (Å²) in [6, 6.07) is 17.3. The van der Waals surface area contributed by atoms with Crippen molar-refractivity contribution in [3.63, 3.8) is 0 Å². The number of hydrogen-bond acceptors (Lipinski definition) is 8. The van der Waals surface area contributed by atoms with Crippen LogP contribution in [-0.2, 0) is 5.75 Å². The molecule has 0 amide bonds. The third-order valence-corrected chi connectivity index (χ3v) is 5.67. The molecule has 0 unspecified atom stereocenters. The van der Waals surface area contributed by atoms with E-state index in [0.717, 1.165) is 26.3 Å². The fraction of sp³-hybridized carbons (Fsp3) is 0.143. The van der Waals surface area contributed by atoms with Crippen LogP contribution in [-0.4, -0.2) is 34.6 Å². The summed E-state index contributed by atoms with van der Waals surface area (Å²) in [6.45, 7) is 0. The molecule has 9 heteroatoms. The Morgan fingerprint density at radius 1 is 0.900 bits per heavy atom. The predicted octanol–water partition coefficient (Wildman–Crippen LogP) is 5.27. The van der Waals surface area contributed by atoms with Crippen molar-refractivity contribution in [2.75, 3.05) is 14.2 Å². The number of rotatable bonds is 7. The lowest BCUT2D eigenvalue weighted by Crippen LogP contribution is -1.91. The Morgan fingerprint density at radius 2 is 1.67 bits per heavy atom. The number of benzene rings is 2. The Bertz CT molecular complexity index is 1130. The number of halogens is 1. The molecule has 0 radical (unpaired) electrons. The minimum absolute atomic E-state index is 0.489. The van der Waals surface area contributed by atoms with Gasteiger partial charge in [0.15, 0.2) is 11.5 Å². The number of ether oxygens (including phenoxy) is 2. The lowest BCUT2D eigenvalue weighted by molar-refractivity contribution is 0.355. The Balaban J connectivity index is 1.41. The van der Waals surface area contributed by atoms with Crippen molar-refractivity contribution in [1.29, 1.82) is 0 Å². The van der Waals surface area contributed by atoms with Crippen LogP contribution in [0.1, 0.15) is 5.89 Å². The third kappa shape index (κ3) is 4.63. The first-order valence-corrected chi connectivity index (χ1v) is 10.7. The molecule has 2 heterocycles. The fourth-order valence-corrected chi connectivity index (χ4v) is 3.63. The van der Waals surface area contributed by atoms with Crippen LogP contribution in [0.5, 0.6) is 11.5 Å². The molecule has 152 valence electrons. The van der Waals surface area contributed by atoms with Crippen LogP contribution in [0.15, 0.2) is 68.6 Å². The molecule has 0 aliphatic rings. The van der Waals surface area contributed by atoms with Crippen LogP contribution in [0.3, 0.4) is 0 Å². The summed E-state index contributed by atoms with van der Waals surface area (Å²) >= 11 is 4.91. The second-order valence-corrected chi connectivity index (χ2v) is 8.05. The van der Waals surface area contributed by atoms with E-state index in [-0.39, 0.29) is 0 Å². The summed E-state index contributed by atoms with van der Waals surface area (Å²) in [5.41, 5.74) is 2.62. The molecule has 2 aromatic heterocycles. The van der Waals surface area contributed by atoms with Gasteiger partial charge >= 0.3 is 0 Å². The van der Waals surface area contributed by atoms with E-state index in [0.29, 0.717) is 29.0 Å². The standard InChI is InChI=1S/C21H17BrN4O3S/c1-27-17-9-5-14(11-18(17)28-2)21-23-19(29-26-21)12-30-20-10-8-16(24-25-20)13-3-6-15(22)7-4-13/h3-11H,12H2,1-2H3. The van der Waals surface area contributed by atoms with E-state index in [9.17, 15) is 0 Å². The average molecular weight is 485 g/mol. The molecule has 0 saturated carbocycles. The first-order valence-electron chi connectivity index (χ1n) is 8.93. The summed E-state index contributed by atoms with van der Waals surface area (Å²) in [5.74, 6) is 2.74. The van der Waals surface area contributed by atoms with Crippen LogP contribution in [0.2, 0.25) is 0 Å². The summed E-state index contributed by atoms with van der Waals surface area (Å²) in [6.07, 6.45) is 0. The van der Waals surface area contributed by atoms with Gasteiger partial charge in [0, 0.05) is 15.6 Å².